The van der Waals surface area contributed by atoms with Gasteiger partial charge in [-0.25, -0.2) is 0 Å². The van der Waals surface area contributed by atoms with Gasteiger partial charge in [-0.1, -0.05) is 18.2 Å². The highest BCUT2D eigenvalue weighted by Crippen LogP contribution is 2.40. The normalized spacial score (nSPS) is 12.7. The molecule has 2 N–H and O–H groups in total. The molecule has 0 amide bonds. The molecule has 68 valence electrons. The summed E-state index contributed by atoms with van der Waals surface area (Å²) in [6.45, 7) is 0. The second-order valence-corrected chi connectivity index (χ2v) is 4.76. The van der Waals surface area contributed by atoms with E-state index in [0.29, 0.717) is 0 Å². The molecule has 0 spiro atoms. The Kier molecular flexibility index (Phi) is 2.62. The van der Waals surface area contributed by atoms with E-state index in [2.05, 4.69) is 0 Å². The molecule has 0 heterocycles. The van der Waals surface area contributed by atoms with Crippen molar-refractivity contribution in [1.29, 1.82) is 0 Å². The van der Waals surface area contributed by atoms with Crippen LogP contribution in [0.5, 0.6) is 0 Å². The Hall–Kier alpha value is -0.710. The van der Waals surface area contributed by atoms with E-state index in [1.54, 1.807) is 7.05 Å². The topological polar surface area (TPSA) is 43.7 Å². The van der Waals surface area contributed by atoms with E-state index in [4.69, 9.17) is 0 Å². The van der Waals surface area contributed by atoms with Crippen molar-refractivity contribution in [3.63, 3.8) is 0 Å². The fraction of sp³-hybridized carbons (Fsp3) is 0.250. The Morgan fingerprint density at radius 3 is 2.08 bits per heavy atom. The lowest BCUT2D eigenvalue weighted by Crippen LogP contribution is -2.21. The van der Waals surface area contributed by atoms with Gasteiger partial charge in [-0.05, 0) is 12.1 Å². The number of hydrogen-bond acceptors (Lipinski definition) is 3. The van der Waals surface area contributed by atoms with Crippen LogP contribution >= 0.6 is 10.8 Å². The third-order valence-corrected chi connectivity index (χ3v) is 2.89. The van der Waals surface area contributed by atoms with Gasteiger partial charge in [-0.15, -0.1) is 10.8 Å². The molecule has 1 aromatic rings. The number of anilines is 1. The molecule has 0 aliphatic rings. The average molecular weight is 187 g/mol. The van der Waals surface area contributed by atoms with Gasteiger partial charge in [0.25, 0.3) is 0 Å². The quantitative estimate of drug-likeness (QED) is 0.747. The van der Waals surface area contributed by atoms with Gasteiger partial charge in [0, 0.05) is 13.3 Å². The molecule has 0 saturated heterocycles. The second-order valence-electron chi connectivity index (χ2n) is 2.63. The number of rotatable bonds is 2. The number of hydrogen-bond donors (Lipinski definition) is 2. The first-order valence-electron chi connectivity index (χ1n) is 3.54. The maximum atomic E-state index is 9.30. The fourth-order valence-corrected chi connectivity index (χ4v) is 1.36. The third kappa shape index (κ3) is 2.14. The Labute approximate surface area is 74.1 Å². The van der Waals surface area contributed by atoms with E-state index < -0.39 is 10.8 Å². The molecule has 0 aromatic heterocycles. The minimum atomic E-state index is -2.62. The molecule has 0 saturated carbocycles. The predicted octanol–water partition coefficient (Wildman–Crippen LogP) is 2.42. The molecule has 0 unspecified atom stereocenters. The Bertz CT molecular complexity index is 245. The van der Waals surface area contributed by atoms with E-state index in [1.165, 1.54) is 10.6 Å². The van der Waals surface area contributed by atoms with E-state index >= 15 is 0 Å². The first-order chi connectivity index (χ1) is 5.52. The molecule has 0 bridgehead atoms. The molecule has 3 nitrogen and oxygen atoms in total. The molecule has 0 atom stereocenters. The van der Waals surface area contributed by atoms with Crippen LogP contribution in [-0.2, 0) is 0 Å². The SMILES string of the molecule is CN(c1ccccc1)S(C)(O)O. The minimum Gasteiger partial charge on any atom is -0.282 e. The van der Waals surface area contributed by atoms with Crippen LogP contribution in [0, 0.1) is 0 Å². The summed E-state index contributed by atoms with van der Waals surface area (Å²) in [5.74, 6) is 0. The fourth-order valence-electron chi connectivity index (χ4n) is 0.838. The molecule has 4 heteroatoms. The van der Waals surface area contributed by atoms with Gasteiger partial charge in [0.1, 0.15) is 0 Å². The summed E-state index contributed by atoms with van der Waals surface area (Å²) < 4.78 is 20.1. The highest BCUT2D eigenvalue weighted by Gasteiger charge is 2.11. The molecule has 0 aliphatic heterocycles. The Morgan fingerprint density at radius 1 is 1.17 bits per heavy atom. The average Bonchev–Trinajstić information content (AvgIpc) is 2.03. The summed E-state index contributed by atoms with van der Waals surface area (Å²) in [4.78, 5) is 0. The van der Waals surface area contributed by atoms with Crippen LogP contribution in [0.4, 0.5) is 5.69 Å². The Morgan fingerprint density at radius 2 is 1.67 bits per heavy atom. The van der Waals surface area contributed by atoms with Crippen LogP contribution < -0.4 is 4.31 Å². The van der Waals surface area contributed by atoms with Gasteiger partial charge in [0.2, 0.25) is 0 Å². The van der Waals surface area contributed by atoms with Crippen LogP contribution in [-0.4, -0.2) is 22.4 Å². The third-order valence-electron chi connectivity index (χ3n) is 1.64. The zero-order valence-corrected chi connectivity index (χ0v) is 7.95. The largest absolute Gasteiger partial charge is 0.282 e. The lowest BCUT2D eigenvalue weighted by atomic mass is 10.3. The van der Waals surface area contributed by atoms with Crippen LogP contribution in [0.25, 0.3) is 0 Å². The van der Waals surface area contributed by atoms with Gasteiger partial charge in [-0.3, -0.25) is 13.4 Å². The van der Waals surface area contributed by atoms with Crippen molar-refractivity contribution in [2.24, 2.45) is 0 Å². The first-order valence-corrected chi connectivity index (χ1v) is 5.45. The molecular formula is C8H13NO2S. The van der Waals surface area contributed by atoms with Gasteiger partial charge < -0.3 is 0 Å². The molecule has 12 heavy (non-hydrogen) atoms. The lowest BCUT2D eigenvalue weighted by molar-refractivity contribution is 0.493. The van der Waals surface area contributed by atoms with Gasteiger partial charge in [0.05, 0.1) is 5.69 Å². The standard InChI is InChI=1S/C8H13NO2S/c1-9(12(2,10)11)8-6-4-3-5-7-8/h3-7,10-11H,1-2H3. The van der Waals surface area contributed by atoms with E-state index in [-0.39, 0.29) is 0 Å². The number of benzene rings is 1. The van der Waals surface area contributed by atoms with E-state index in [9.17, 15) is 9.11 Å². The van der Waals surface area contributed by atoms with Crippen LogP contribution in [0.15, 0.2) is 30.3 Å². The maximum Gasteiger partial charge on any atom is 0.0564 e. The first kappa shape index (κ1) is 9.38. The zero-order chi connectivity index (χ0) is 9.19. The van der Waals surface area contributed by atoms with Crippen molar-refractivity contribution in [2.75, 3.05) is 17.6 Å². The van der Waals surface area contributed by atoms with E-state index in [0.717, 1.165) is 5.69 Å². The van der Waals surface area contributed by atoms with Crippen molar-refractivity contribution in [1.82, 2.24) is 0 Å². The smallest absolute Gasteiger partial charge is 0.0564 e. The minimum absolute atomic E-state index is 0.806. The van der Waals surface area contributed by atoms with Crippen LogP contribution in [0.3, 0.4) is 0 Å². The van der Waals surface area contributed by atoms with Gasteiger partial charge >= 0.3 is 0 Å². The summed E-state index contributed by atoms with van der Waals surface area (Å²) in [6, 6.07) is 9.27. The monoisotopic (exact) mass is 187 g/mol. The lowest BCUT2D eigenvalue weighted by Gasteiger charge is -2.38. The number of para-hydroxylation sites is 1. The number of nitrogens with zero attached hydrogens (tertiary/aromatic N) is 1. The molecule has 1 aromatic carbocycles. The molecular weight excluding hydrogens is 174 g/mol. The summed E-state index contributed by atoms with van der Waals surface area (Å²) >= 11 is 0. The highest BCUT2D eigenvalue weighted by atomic mass is 32.3. The van der Waals surface area contributed by atoms with Crippen LogP contribution in [0.2, 0.25) is 0 Å². The van der Waals surface area contributed by atoms with Crippen molar-refractivity contribution >= 4 is 16.5 Å². The molecule has 0 aliphatic carbocycles. The summed E-state index contributed by atoms with van der Waals surface area (Å²) in [6.07, 6.45) is 1.40. The van der Waals surface area contributed by atoms with Crippen molar-refractivity contribution in [3.05, 3.63) is 30.3 Å². The molecule has 0 radical (unpaired) electrons. The predicted molar refractivity (Wildman–Crippen MR) is 53.6 cm³/mol. The van der Waals surface area contributed by atoms with Crippen molar-refractivity contribution < 1.29 is 9.11 Å². The summed E-state index contributed by atoms with van der Waals surface area (Å²) in [5, 5.41) is 0. The maximum absolute atomic E-state index is 9.30. The van der Waals surface area contributed by atoms with Crippen molar-refractivity contribution in [2.45, 2.75) is 0 Å². The van der Waals surface area contributed by atoms with Crippen molar-refractivity contribution in [3.8, 4) is 0 Å². The second kappa shape index (κ2) is 3.35. The van der Waals surface area contributed by atoms with Gasteiger partial charge in [0.15, 0.2) is 0 Å². The van der Waals surface area contributed by atoms with E-state index in [1.807, 2.05) is 30.3 Å². The summed E-state index contributed by atoms with van der Waals surface area (Å²) in [7, 11) is -0.965. The Balaban J connectivity index is 2.86. The van der Waals surface area contributed by atoms with Crippen LogP contribution in [0.1, 0.15) is 0 Å². The zero-order valence-electron chi connectivity index (χ0n) is 7.14. The summed E-state index contributed by atoms with van der Waals surface area (Å²) in [5.41, 5.74) is 0.806. The van der Waals surface area contributed by atoms with Gasteiger partial charge in [-0.2, -0.15) is 0 Å². The highest BCUT2D eigenvalue weighted by molar-refractivity contribution is 8.24. The molecule has 0 fully saturated rings. The molecule has 1 rings (SSSR count).